The number of carbonyl (C=O) groups excluding carboxylic acids is 2. The fraction of sp³-hybridized carbons (Fsp3) is 0.286. The molecule has 0 unspecified atom stereocenters. The number of amides is 1. The molecule has 5 nitrogen and oxygen atoms in total. The quantitative estimate of drug-likeness (QED) is 0.643. The van der Waals surface area contributed by atoms with E-state index in [0.717, 1.165) is 17.5 Å². The van der Waals surface area contributed by atoms with E-state index >= 15 is 0 Å². The van der Waals surface area contributed by atoms with Crippen LogP contribution in [0.15, 0.2) is 54.6 Å². The lowest BCUT2D eigenvalue weighted by Crippen LogP contribution is -2.34. The van der Waals surface area contributed by atoms with Crippen LogP contribution in [0.2, 0.25) is 0 Å². The van der Waals surface area contributed by atoms with Crippen LogP contribution in [0.3, 0.4) is 0 Å². The Morgan fingerprint density at radius 2 is 2.00 bits per heavy atom. The van der Waals surface area contributed by atoms with Crippen molar-refractivity contribution in [3.05, 3.63) is 71.3 Å². The number of nitrogens with one attached hydrogen (secondary N) is 1. The molecular formula is C21H20N2O3. The van der Waals surface area contributed by atoms with Gasteiger partial charge in [-0.3, -0.25) is 9.59 Å². The number of Topliss-reactive ketones (excluding diaryl/α,β-unsaturated/α-hetero) is 1. The summed E-state index contributed by atoms with van der Waals surface area (Å²) in [6.45, 7) is 1.63. The number of rotatable bonds is 6. The molecule has 1 aliphatic rings. The highest BCUT2D eigenvalue weighted by Gasteiger charge is 2.28. The molecule has 0 bridgehead atoms. The fourth-order valence-corrected chi connectivity index (χ4v) is 3.03. The van der Waals surface area contributed by atoms with Gasteiger partial charge in [-0.25, -0.2) is 0 Å². The molecule has 3 rings (SSSR count). The van der Waals surface area contributed by atoms with Crippen molar-refractivity contribution in [3.8, 4) is 6.07 Å². The van der Waals surface area contributed by atoms with Gasteiger partial charge in [0.25, 0.3) is 0 Å². The Hall–Kier alpha value is -2.97. The van der Waals surface area contributed by atoms with Crippen molar-refractivity contribution < 1.29 is 14.3 Å². The molecule has 26 heavy (non-hydrogen) atoms. The van der Waals surface area contributed by atoms with Crippen molar-refractivity contribution in [3.63, 3.8) is 0 Å². The lowest BCUT2D eigenvalue weighted by Gasteiger charge is -2.12. The SMILES string of the molecule is N#C[C@H](C(=O)NCc1ccccc1)C(=O)c1cccc([C@H]2CCOC2)c1. The Balaban J connectivity index is 1.69. The number of nitrogens with zero attached hydrogens (tertiary/aromatic N) is 1. The summed E-state index contributed by atoms with van der Waals surface area (Å²) in [6, 6.07) is 18.4. The molecule has 2 aromatic rings. The third-order valence-corrected chi connectivity index (χ3v) is 4.54. The summed E-state index contributed by atoms with van der Waals surface area (Å²) in [5, 5.41) is 12.0. The van der Waals surface area contributed by atoms with Gasteiger partial charge in [0.05, 0.1) is 12.7 Å². The normalized spacial score (nSPS) is 17.3. The van der Waals surface area contributed by atoms with Gasteiger partial charge in [0.1, 0.15) is 0 Å². The second-order valence-electron chi connectivity index (χ2n) is 6.32. The van der Waals surface area contributed by atoms with Gasteiger partial charge in [0.2, 0.25) is 5.91 Å². The van der Waals surface area contributed by atoms with Crippen LogP contribution in [0.1, 0.15) is 33.8 Å². The van der Waals surface area contributed by atoms with Crippen LogP contribution in [0, 0.1) is 17.2 Å². The molecular weight excluding hydrogens is 328 g/mol. The smallest absolute Gasteiger partial charge is 0.245 e. The van der Waals surface area contributed by atoms with Gasteiger partial charge in [-0.1, -0.05) is 48.5 Å². The Kier molecular flexibility index (Phi) is 5.77. The number of hydrogen-bond donors (Lipinski definition) is 1. The maximum absolute atomic E-state index is 12.7. The standard InChI is InChI=1S/C21H20N2O3/c22-12-19(21(25)23-13-15-5-2-1-3-6-15)20(24)17-8-4-7-16(11-17)18-9-10-26-14-18/h1-8,11,18-19H,9-10,13-14H2,(H,23,25)/t18-,19-/m0/s1. The van der Waals surface area contributed by atoms with Crippen molar-refractivity contribution >= 4 is 11.7 Å². The van der Waals surface area contributed by atoms with Gasteiger partial charge in [-0.15, -0.1) is 0 Å². The van der Waals surface area contributed by atoms with Crippen molar-refractivity contribution in [1.82, 2.24) is 5.32 Å². The lowest BCUT2D eigenvalue weighted by molar-refractivity contribution is -0.122. The molecule has 1 N–H and O–H groups in total. The van der Waals surface area contributed by atoms with Crippen LogP contribution in [0.25, 0.3) is 0 Å². The van der Waals surface area contributed by atoms with E-state index in [1.165, 1.54) is 0 Å². The Morgan fingerprint density at radius 1 is 1.19 bits per heavy atom. The zero-order chi connectivity index (χ0) is 18.4. The summed E-state index contributed by atoms with van der Waals surface area (Å²) in [7, 11) is 0. The van der Waals surface area contributed by atoms with Gasteiger partial charge in [0, 0.05) is 24.6 Å². The number of ketones is 1. The molecule has 1 aliphatic heterocycles. The van der Waals surface area contributed by atoms with Crippen LogP contribution in [-0.2, 0) is 16.1 Å². The predicted molar refractivity (Wildman–Crippen MR) is 96.3 cm³/mol. The van der Waals surface area contributed by atoms with E-state index in [-0.39, 0.29) is 12.5 Å². The first-order valence-electron chi connectivity index (χ1n) is 8.62. The molecule has 5 heteroatoms. The highest BCUT2D eigenvalue weighted by Crippen LogP contribution is 2.26. The minimum Gasteiger partial charge on any atom is -0.381 e. The summed E-state index contributed by atoms with van der Waals surface area (Å²) < 4.78 is 5.39. The molecule has 2 atom stereocenters. The third kappa shape index (κ3) is 4.16. The number of ether oxygens (including phenoxy) is 1. The number of benzene rings is 2. The first-order chi connectivity index (χ1) is 12.7. The number of carbonyl (C=O) groups is 2. The molecule has 1 saturated heterocycles. The minimum absolute atomic E-state index is 0.259. The second-order valence-corrected chi connectivity index (χ2v) is 6.32. The van der Waals surface area contributed by atoms with E-state index < -0.39 is 17.6 Å². The van der Waals surface area contributed by atoms with Gasteiger partial charge in [-0.05, 0) is 23.6 Å². The number of nitriles is 1. The highest BCUT2D eigenvalue weighted by atomic mass is 16.5. The van der Waals surface area contributed by atoms with E-state index in [0.29, 0.717) is 18.8 Å². The second kappa shape index (κ2) is 8.41. The van der Waals surface area contributed by atoms with Crippen LogP contribution < -0.4 is 5.32 Å². The van der Waals surface area contributed by atoms with Crippen molar-refractivity contribution in [2.24, 2.45) is 5.92 Å². The molecule has 0 aliphatic carbocycles. The predicted octanol–water partition coefficient (Wildman–Crippen LogP) is 2.83. The minimum atomic E-state index is -1.35. The Morgan fingerprint density at radius 3 is 2.69 bits per heavy atom. The zero-order valence-electron chi connectivity index (χ0n) is 14.4. The zero-order valence-corrected chi connectivity index (χ0v) is 14.4. The average Bonchev–Trinajstić information content (AvgIpc) is 3.22. The van der Waals surface area contributed by atoms with E-state index in [2.05, 4.69) is 5.32 Å². The largest absolute Gasteiger partial charge is 0.381 e. The molecule has 0 saturated carbocycles. The number of hydrogen-bond acceptors (Lipinski definition) is 4. The first-order valence-corrected chi connectivity index (χ1v) is 8.62. The van der Waals surface area contributed by atoms with E-state index in [9.17, 15) is 14.9 Å². The Labute approximate surface area is 152 Å². The molecule has 0 spiro atoms. The average molecular weight is 348 g/mol. The molecule has 1 heterocycles. The molecule has 0 radical (unpaired) electrons. The van der Waals surface area contributed by atoms with Gasteiger partial charge < -0.3 is 10.1 Å². The maximum Gasteiger partial charge on any atom is 0.245 e. The summed E-state index contributed by atoms with van der Waals surface area (Å²) in [5.41, 5.74) is 2.30. The van der Waals surface area contributed by atoms with E-state index in [1.807, 2.05) is 42.5 Å². The monoisotopic (exact) mass is 348 g/mol. The molecule has 2 aromatic carbocycles. The van der Waals surface area contributed by atoms with Crippen LogP contribution in [-0.4, -0.2) is 24.9 Å². The van der Waals surface area contributed by atoms with Crippen molar-refractivity contribution in [2.75, 3.05) is 13.2 Å². The molecule has 1 fully saturated rings. The summed E-state index contributed by atoms with van der Waals surface area (Å²) >= 11 is 0. The highest BCUT2D eigenvalue weighted by molar-refractivity contribution is 6.12. The van der Waals surface area contributed by atoms with Crippen LogP contribution in [0.5, 0.6) is 0 Å². The van der Waals surface area contributed by atoms with E-state index in [4.69, 9.17) is 4.74 Å². The first kappa shape index (κ1) is 17.8. The topological polar surface area (TPSA) is 79.2 Å². The third-order valence-electron chi connectivity index (χ3n) is 4.54. The molecule has 132 valence electrons. The van der Waals surface area contributed by atoms with E-state index in [1.54, 1.807) is 18.2 Å². The van der Waals surface area contributed by atoms with Crippen molar-refractivity contribution in [2.45, 2.75) is 18.9 Å². The van der Waals surface area contributed by atoms with Gasteiger partial charge in [0.15, 0.2) is 11.7 Å². The van der Waals surface area contributed by atoms with Crippen LogP contribution >= 0.6 is 0 Å². The van der Waals surface area contributed by atoms with Crippen molar-refractivity contribution in [1.29, 1.82) is 5.26 Å². The van der Waals surface area contributed by atoms with Gasteiger partial charge >= 0.3 is 0 Å². The van der Waals surface area contributed by atoms with Gasteiger partial charge in [-0.2, -0.15) is 5.26 Å². The van der Waals surface area contributed by atoms with Crippen LogP contribution in [0.4, 0.5) is 0 Å². The maximum atomic E-state index is 12.7. The molecule has 0 aromatic heterocycles. The lowest BCUT2D eigenvalue weighted by atomic mass is 9.92. The summed E-state index contributed by atoms with van der Waals surface area (Å²) in [4.78, 5) is 25.0. The Bertz CT molecular complexity index is 821. The summed E-state index contributed by atoms with van der Waals surface area (Å²) in [6.07, 6.45) is 0.914. The molecule has 1 amide bonds. The summed E-state index contributed by atoms with van der Waals surface area (Å²) in [5.74, 6) is -2.14. The fourth-order valence-electron chi connectivity index (χ4n) is 3.03.